The minimum Gasteiger partial charge on any atom is -0.493 e. The fourth-order valence-corrected chi connectivity index (χ4v) is 6.72. The van der Waals surface area contributed by atoms with Gasteiger partial charge in [-0.3, -0.25) is 33.3 Å². The van der Waals surface area contributed by atoms with E-state index in [1.807, 2.05) is 13.8 Å². The number of carbonyl (C=O) groups excluding carboxylic acids is 1. The third kappa shape index (κ3) is 8.78. The number of aliphatic hydroxyl groups excluding tert-OH is 1. The van der Waals surface area contributed by atoms with E-state index >= 15 is 0 Å². The first kappa shape index (κ1) is 37.1. The van der Waals surface area contributed by atoms with Crippen LogP contribution in [0.1, 0.15) is 60.6 Å². The Morgan fingerprint density at radius 3 is 2.00 bits per heavy atom. The Morgan fingerprint density at radius 2 is 1.46 bits per heavy atom. The molecular weight excluding hydrogens is 679 g/mol. The topological polar surface area (TPSA) is 219 Å². The molecule has 4 heterocycles. The predicted octanol–water partition coefficient (Wildman–Crippen LogP) is 1.76. The normalized spacial score (nSPS) is 24.7. The van der Waals surface area contributed by atoms with Gasteiger partial charge in [-0.05, 0) is 44.0 Å². The van der Waals surface area contributed by atoms with E-state index in [4.69, 9.17) is 28.0 Å². The number of hydrogen-bond acceptors (Lipinski definition) is 13. The maximum Gasteiger partial charge on any atom is 0.338 e. The van der Waals surface area contributed by atoms with Crippen molar-refractivity contribution in [2.75, 3.05) is 26.5 Å². The highest BCUT2D eigenvalue weighted by Crippen LogP contribution is 2.49. The van der Waals surface area contributed by atoms with E-state index in [-0.39, 0.29) is 29.5 Å². The van der Waals surface area contributed by atoms with Gasteiger partial charge in [-0.2, -0.15) is 0 Å². The van der Waals surface area contributed by atoms with Crippen LogP contribution in [-0.2, 0) is 27.8 Å². The molecule has 2 saturated heterocycles. The second kappa shape index (κ2) is 15.4. The average Bonchev–Trinajstić information content (AvgIpc) is 3.65. The van der Waals surface area contributed by atoms with E-state index in [9.17, 15) is 33.6 Å². The number of H-pyrrole nitrogens is 2. The minimum absolute atomic E-state index is 0.00414. The molecule has 272 valence electrons. The van der Waals surface area contributed by atoms with Gasteiger partial charge < -0.3 is 33.1 Å². The lowest BCUT2D eigenvalue weighted by Crippen LogP contribution is -2.33. The Morgan fingerprint density at radius 1 is 0.920 bits per heavy atom. The molecule has 0 saturated carbocycles. The maximum atomic E-state index is 13.6. The monoisotopic (exact) mass is 720 g/mol. The summed E-state index contributed by atoms with van der Waals surface area (Å²) in [6.45, 7) is 7.85. The van der Waals surface area contributed by atoms with Crippen molar-refractivity contribution in [1.29, 1.82) is 0 Å². The van der Waals surface area contributed by atoms with E-state index in [1.165, 1.54) is 37.5 Å². The molecule has 5 rings (SSSR count). The fourth-order valence-electron chi connectivity index (χ4n) is 5.53. The summed E-state index contributed by atoms with van der Waals surface area (Å²) >= 11 is 0. The summed E-state index contributed by atoms with van der Waals surface area (Å²) in [5.74, 6) is 0.211. The van der Waals surface area contributed by atoms with Crippen LogP contribution in [0.4, 0.5) is 0 Å². The van der Waals surface area contributed by atoms with Crippen molar-refractivity contribution in [3.05, 3.63) is 95.0 Å². The lowest BCUT2D eigenvalue weighted by Gasteiger charge is -2.24. The molecule has 7 atom stereocenters. The first-order chi connectivity index (χ1) is 23.6. The van der Waals surface area contributed by atoms with Crippen LogP contribution in [0.25, 0.3) is 0 Å². The molecule has 0 aliphatic carbocycles. The number of ether oxygens (including phenoxy) is 4. The maximum absolute atomic E-state index is 13.6. The molecule has 1 unspecified atom stereocenters. The minimum atomic E-state index is -3.93. The lowest BCUT2D eigenvalue weighted by atomic mass is 10.1. The van der Waals surface area contributed by atoms with Crippen LogP contribution in [0.15, 0.2) is 55.8 Å². The predicted molar refractivity (Wildman–Crippen MR) is 177 cm³/mol. The van der Waals surface area contributed by atoms with Crippen molar-refractivity contribution < 1.29 is 42.5 Å². The first-order valence-corrected chi connectivity index (χ1v) is 18.0. The van der Waals surface area contributed by atoms with Gasteiger partial charge in [0, 0.05) is 43.0 Å². The second-order valence-corrected chi connectivity index (χ2v) is 14.8. The molecule has 0 radical (unpaired) electrons. The van der Waals surface area contributed by atoms with E-state index < -0.39 is 86.1 Å². The number of aromatic nitrogens is 4. The van der Waals surface area contributed by atoms with Gasteiger partial charge in [0.15, 0.2) is 0 Å². The van der Waals surface area contributed by atoms with E-state index in [2.05, 4.69) is 9.97 Å². The number of esters is 1. The summed E-state index contributed by atoms with van der Waals surface area (Å²) in [5, 5.41) is 9.94. The number of aryl methyl sites for hydroxylation is 2. The van der Waals surface area contributed by atoms with Gasteiger partial charge in [-0.25, -0.2) is 14.4 Å². The number of hydrogen-bond donors (Lipinski definition) is 3. The molecule has 2 aromatic heterocycles. The quantitative estimate of drug-likeness (QED) is 0.170. The van der Waals surface area contributed by atoms with E-state index in [0.717, 1.165) is 4.57 Å². The van der Waals surface area contributed by atoms with Gasteiger partial charge in [0.05, 0.1) is 31.5 Å². The molecule has 18 heteroatoms. The number of rotatable bonds is 13. The number of aromatic amines is 2. The summed E-state index contributed by atoms with van der Waals surface area (Å²) < 4.78 is 50.7. The highest BCUT2D eigenvalue weighted by molar-refractivity contribution is 7.53. The van der Waals surface area contributed by atoms with Crippen LogP contribution in [0.3, 0.4) is 0 Å². The smallest absolute Gasteiger partial charge is 0.338 e. The largest absolute Gasteiger partial charge is 0.493 e. The SMILES string of the molecule is Cc1cn([C@H]2C[C@@H](OC(=O)c3ccc(OCC(C)C)cc3)[C@@H](COP(C)(=O)O[C@@H]3C[C@H](n4cc(C)c(=O)[nH]c4=O)O[C@@H]3CO)O2)c(=O)[nH]c1=O. The molecule has 1 aromatic carbocycles. The van der Waals surface area contributed by atoms with Crippen molar-refractivity contribution in [2.45, 2.75) is 77.4 Å². The summed E-state index contributed by atoms with van der Waals surface area (Å²) in [6.07, 6.45) is -3.23. The Balaban J connectivity index is 1.29. The highest BCUT2D eigenvalue weighted by Gasteiger charge is 2.43. The van der Waals surface area contributed by atoms with E-state index in [0.29, 0.717) is 18.3 Å². The lowest BCUT2D eigenvalue weighted by molar-refractivity contribution is -0.0555. The third-order valence-electron chi connectivity index (χ3n) is 8.19. The summed E-state index contributed by atoms with van der Waals surface area (Å²) in [6, 6.07) is 6.40. The van der Waals surface area contributed by atoms with Gasteiger partial charge in [0.25, 0.3) is 11.1 Å². The molecule has 50 heavy (non-hydrogen) atoms. The third-order valence-corrected chi connectivity index (χ3v) is 9.46. The number of carbonyl (C=O) groups is 1. The average molecular weight is 721 g/mol. The number of aliphatic hydroxyl groups is 1. The Bertz CT molecular complexity index is 1970. The van der Waals surface area contributed by atoms with Crippen LogP contribution in [-0.4, -0.2) is 81.1 Å². The van der Waals surface area contributed by atoms with Crippen molar-refractivity contribution in [1.82, 2.24) is 19.1 Å². The molecule has 17 nitrogen and oxygen atoms in total. The van der Waals surface area contributed by atoms with E-state index in [1.54, 1.807) is 24.3 Å². The van der Waals surface area contributed by atoms with Crippen molar-refractivity contribution in [3.8, 4) is 5.75 Å². The van der Waals surface area contributed by atoms with Crippen LogP contribution < -0.4 is 27.2 Å². The first-order valence-electron chi connectivity index (χ1n) is 16.0. The van der Waals surface area contributed by atoms with Gasteiger partial charge in [0.1, 0.15) is 36.5 Å². The molecule has 2 aliphatic heterocycles. The van der Waals surface area contributed by atoms with Crippen LogP contribution >= 0.6 is 7.60 Å². The van der Waals surface area contributed by atoms with Crippen molar-refractivity contribution in [2.24, 2.45) is 5.92 Å². The molecule has 0 amide bonds. The fraction of sp³-hybridized carbons (Fsp3) is 0.531. The van der Waals surface area contributed by atoms with Crippen molar-refractivity contribution >= 4 is 13.6 Å². The molecular formula is C32H41N4O13P. The zero-order chi connectivity index (χ0) is 36.3. The molecule has 0 bridgehead atoms. The van der Waals surface area contributed by atoms with Gasteiger partial charge in [-0.15, -0.1) is 0 Å². The van der Waals surface area contributed by atoms with Gasteiger partial charge in [0.2, 0.25) is 0 Å². The number of nitrogens with zero attached hydrogens (tertiary/aromatic N) is 2. The Hall–Kier alpha value is -4.12. The van der Waals surface area contributed by atoms with Crippen LogP contribution in [0.2, 0.25) is 0 Å². The highest BCUT2D eigenvalue weighted by atomic mass is 31.2. The second-order valence-electron chi connectivity index (χ2n) is 12.8. The molecule has 3 N–H and O–H groups in total. The standard InChI is InChI=1S/C32H41N4O13P/c1-17(2)15-44-21-8-6-20(7-9-21)30(40)48-22-10-26(35-12-18(3)28(38)33-31(35)41)47-25(22)16-45-50(5,43)49-23-11-27(46-24(23)14-37)36-13-19(4)29(39)34-32(36)42/h6-9,12-13,17,22-27,37H,10-11,14-16H2,1-5H3,(H,33,38,41)(H,34,39,42)/t22-,23-,24-,25-,26-,27-,50?/m1/s1. The molecule has 3 aromatic rings. The zero-order valence-corrected chi connectivity index (χ0v) is 29.1. The van der Waals surface area contributed by atoms with Gasteiger partial charge >= 0.3 is 24.9 Å². The van der Waals surface area contributed by atoms with Crippen LogP contribution in [0, 0.1) is 19.8 Å². The number of benzene rings is 1. The van der Waals surface area contributed by atoms with Crippen LogP contribution in [0.5, 0.6) is 5.75 Å². The zero-order valence-electron chi connectivity index (χ0n) is 28.2. The molecule has 0 spiro atoms. The van der Waals surface area contributed by atoms with Crippen molar-refractivity contribution in [3.63, 3.8) is 0 Å². The summed E-state index contributed by atoms with van der Waals surface area (Å²) in [5.41, 5.74) is -1.82. The molecule has 2 aliphatic rings. The Labute approximate surface area is 285 Å². The summed E-state index contributed by atoms with van der Waals surface area (Å²) in [7, 11) is -3.93. The Kier molecular flexibility index (Phi) is 11.4. The van der Waals surface area contributed by atoms with Gasteiger partial charge in [-0.1, -0.05) is 13.8 Å². The number of nitrogens with one attached hydrogen (secondary N) is 2. The summed E-state index contributed by atoms with van der Waals surface area (Å²) in [4.78, 5) is 66.5. The molecule has 2 fully saturated rings.